The van der Waals surface area contributed by atoms with E-state index >= 15 is 0 Å². The van der Waals surface area contributed by atoms with Crippen LogP contribution in [0.15, 0.2) is 53.6 Å². The number of aromatic nitrogens is 2. The van der Waals surface area contributed by atoms with Crippen LogP contribution in [0.3, 0.4) is 0 Å². The molecule has 4 aromatic rings. The molecule has 2 aromatic heterocycles. The first-order valence-electron chi connectivity index (χ1n) is 9.36. The monoisotopic (exact) mass is 407 g/mol. The summed E-state index contributed by atoms with van der Waals surface area (Å²) in [6.45, 7) is 3.98. The minimum atomic E-state index is -0.676. The van der Waals surface area contributed by atoms with E-state index in [-0.39, 0.29) is 18.0 Å². The second kappa shape index (κ2) is 7.77. The second-order valence-electron chi connectivity index (χ2n) is 7.14. The number of hydrogen-bond acceptors (Lipinski definition) is 5. The number of nitrogens with zero attached hydrogens (tertiary/aromatic N) is 2. The van der Waals surface area contributed by atoms with E-state index in [4.69, 9.17) is 0 Å². The normalized spacial score (nSPS) is 12.4. The largest absolute Gasteiger partial charge is 0.392 e. The molecule has 0 aliphatic carbocycles. The zero-order valence-electron chi connectivity index (χ0n) is 16.2. The molecule has 29 heavy (non-hydrogen) atoms. The molecule has 0 radical (unpaired) electrons. The molecule has 0 saturated heterocycles. The van der Waals surface area contributed by atoms with Crippen molar-refractivity contribution in [1.82, 2.24) is 14.9 Å². The summed E-state index contributed by atoms with van der Waals surface area (Å²) in [6.07, 6.45) is 0.670. The highest BCUT2D eigenvalue weighted by Gasteiger charge is 2.24. The highest BCUT2D eigenvalue weighted by atomic mass is 32.1. The number of fused-ring (bicyclic) bond motifs is 2. The van der Waals surface area contributed by atoms with Crippen LogP contribution in [0.2, 0.25) is 0 Å². The number of carbonyl (C=O) groups excluding carboxylic acids is 1. The number of thiophene rings is 1. The molecular weight excluding hydrogens is 386 g/mol. The van der Waals surface area contributed by atoms with Gasteiger partial charge in [-0.3, -0.25) is 9.59 Å². The van der Waals surface area contributed by atoms with Gasteiger partial charge in [0.25, 0.3) is 11.5 Å². The number of nitrogens with one attached hydrogen (secondary N) is 1. The number of aryl methyl sites for hydroxylation is 1. The highest BCUT2D eigenvalue weighted by Crippen LogP contribution is 2.29. The fourth-order valence-electron chi connectivity index (χ4n) is 3.60. The average molecular weight is 407 g/mol. The summed E-state index contributed by atoms with van der Waals surface area (Å²) in [4.78, 5) is 35.0. The number of hydrogen-bond donors (Lipinski definition) is 2. The summed E-state index contributed by atoms with van der Waals surface area (Å²) in [6, 6.07) is 14.0. The fraction of sp³-hybridized carbons (Fsp3) is 0.227. The van der Waals surface area contributed by atoms with Crippen molar-refractivity contribution in [3.05, 3.63) is 75.1 Å². The molecule has 0 aliphatic heterocycles. The first-order chi connectivity index (χ1) is 14.0. The molecule has 1 amide bonds. The maximum atomic E-state index is 13.4. The maximum Gasteiger partial charge on any atom is 0.264 e. The molecule has 1 atom stereocenters. The van der Waals surface area contributed by atoms with Gasteiger partial charge in [0.1, 0.15) is 4.83 Å². The highest BCUT2D eigenvalue weighted by molar-refractivity contribution is 7.20. The molecule has 4 rings (SSSR count). The predicted octanol–water partition coefficient (Wildman–Crippen LogP) is 3.47. The maximum absolute atomic E-state index is 13.4. The SMILES string of the molecule is Cc1c(C(=O)N(Cc2cccc3ccccc23)CC(C)O)sc2nc[nH]c(=O)c12. The number of aliphatic hydroxyl groups is 1. The van der Waals surface area contributed by atoms with Crippen LogP contribution in [0, 0.1) is 6.92 Å². The van der Waals surface area contributed by atoms with Crippen LogP contribution in [-0.4, -0.2) is 38.5 Å². The number of benzene rings is 2. The lowest BCUT2D eigenvalue weighted by Gasteiger charge is -2.24. The molecule has 0 spiro atoms. The lowest BCUT2D eigenvalue weighted by Crippen LogP contribution is -2.36. The number of H-pyrrole nitrogens is 1. The van der Waals surface area contributed by atoms with Crippen molar-refractivity contribution in [2.24, 2.45) is 0 Å². The standard InChI is InChI=1S/C22H21N3O3S/c1-13(26)10-25(11-16-8-5-7-15-6-3-4-9-17(15)16)22(28)19-14(2)18-20(27)23-12-24-21(18)29-19/h3-9,12-13,26H,10-11H2,1-2H3,(H,23,24,27). The molecule has 7 heteroatoms. The van der Waals surface area contributed by atoms with Crippen LogP contribution >= 0.6 is 11.3 Å². The second-order valence-corrected chi connectivity index (χ2v) is 8.14. The van der Waals surface area contributed by atoms with Gasteiger partial charge in [0, 0.05) is 13.1 Å². The van der Waals surface area contributed by atoms with Gasteiger partial charge in [0.2, 0.25) is 0 Å². The van der Waals surface area contributed by atoms with Crippen LogP contribution in [0.5, 0.6) is 0 Å². The zero-order valence-corrected chi connectivity index (χ0v) is 17.0. The topological polar surface area (TPSA) is 86.3 Å². The molecule has 148 valence electrons. The molecule has 6 nitrogen and oxygen atoms in total. The van der Waals surface area contributed by atoms with Gasteiger partial charge in [-0.15, -0.1) is 11.3 Å². The molecule has 0 bridgehead atoms. The Morgan fingerprint density at radius 3 is 2.76 bits per heavy atom. The Morgan fingerprint density at radius 2 is 2.00 bits per heavy atom. The molecule has 2 aromatic carbocycles. The lowest BCUT2D eigenvalue weighted by molar-refractivity contribution is 0.0635. The molecular formula is C22H21N3O3S. The van der Waals surface area contributed by atoms with E-state index in [2.05, 4.69) is 9.97 Å². The Kier molecular flexibility index (Phi) is 5.17. The van der Waals surface area contributed by atoms with Crippen LogP contribution < -0.4 is 5.56 Å². The summed E-state index contributed by atoms with van der Waals surface area (Å²) in [5.74, 6) is -0.210. The van der Waals surface area contributed by atoms with Crippen molar-refractivity contribution < 1.29 is 9.90 Å². The predicted molar refractivity (Wildman–Crippen MR) is 115 cm³/mol. The van der Waals surface area contributed by atoms with Gasteiger partial charge in [-0.25, -0.2) is 4.98 Å². The molecule has 0 aliphatic rings. The van der Waals surface area contributed by atoms with Crippen molar-refractivity contribution in [3.63, 3.8) is 0 Å². The Morgan fingerprint density at radius 1 is 1.24 bits per heavy atom. The summed E-state index contributed by atoms with van der Waals surface area (Å²) >= 11 is 1.21. The van der Waals surface area contributed by atoms with Crippen molar-refractivity contribution in [1.29, 1.82) is 0 Å². The molecule has 0 fully saturated rings. The summed E-state index contributed by atoms with van der Waals surface area (Å²) in [5.41, 5.74) is 1.38. The van der Waals surface area contributed by atoms with Crippen LogP contribution in [0.1, 0.15) is 27.7 Å². The number of aliphatic hydroxyl groups excluding tert-OH is 1. The van der Waals surface area contributed by atoms with E-state index in [1.807, 2.05) is 42.5 Å². The Hall–Kier alpha value is -3.03. The molecule has 2 N–H and O–H groups in total. The molecule has 1 unspecified atom stereocenters. The van der Waals surface area contributed by atoms with Crippen LogP contribution in [-0.2, 0) is 6.54 Å². The third-order valence-electron chi connectivity index (χ3n) is 4.94. The van der Waals surface area contributed by atoms with Gasteiger partial charge < -0.3 is 15.0 Å². The zero-order chi connectivity index (χ0) is 20.5. The summed E-state index contributed by atoms with van der Waals surface area (Å²) < 4.78 is 0. The molecule has 2 heterocycles. The van der Waals surface area contributed by atoms with E-state index < -0.39 is 6.10 Å². The van der Waals surface area contributed by atoms with Crippen molar-refractivity contribution in [2.75, 3.05) is 6.54 Å². The van der Waals surface area contributed by atoms with E-state index in [0.29, 0.717) is 27.2 Å². The first kappa shape index (κ1) is 19.3. The van der Waals surface area contributed by atoms with Crippen molar-refractivity contribution in [3.8, 4) is 0 Å². The smallest absolute Gasteiger partial charge is 0.264 e. The van der Waals surface area contributed by atoms with Crippen LogP contribution in [0.4, 0.5) is 0 Å². The van der Waals surface area contributed by atoms with E-state index in [9.17, 15) is 14.7 Å². The summed E-state index contributed by atoms with van der Waals surface area (Å²) in [7, 11) is 0. The van der Waals surface area contributed by atoms with Gasteiger partial charge in [0.15, 0.2) is 0 Å². The van der Waals surface area contributed by atoms with E-state index in [1.165, 1.54) is 17.7 Å². The van der Waals surface area contributed by atoms with Crippen LogP contribution in [0.25, 0.3) is 21.0 Å². The Labute approximate surface area is 171 Å². The number of rotatable bonds is 5. The number of amides is 1. The van der Waals surface area contributed by atoms with Gasteiger partial charge >= 0.3 is 0 Å². The summed E-state index contributed by atoms with van der Waals surface area (Å²) in [5, 5.41) is 12.6. The third kappa shape index (κ3) is 3.66. The fourth-order valence-corrected chi connectivity index (χ4v) is 4.72. The van der Waals surface area contributed by atoms with Gasteiger partial charge in [0.05, 0.1) is 22.7 Å². The van der Waals surface area contributed by atoms with E-state index in [1.54, 1.807) is 18.7 Å². The van der Waals surface area contributed by atoms with Gasteiger partial charge in [-0.1, -0.05) is 42.5 Å². The minimum absolute atomic E-state index is 0.194. The third-order valence-corrected chi connectivity index (χ3v) is 6.13. The number of aromatic amines is 1. The molecule has 0 saturated carbocycles. The minimum Gasteiger partial charge on any atom is -0.392 e. The van der Waals surface area contributed by atoms with Crippen molar-refractivity contribution >= 4 is 38.2 Å². The van der Waals surface area contributed by atoms with Gasteiger partial charge in [-0.2, -0.15) is 0 Å². The van der Waals surface area contributed by atoms with Crippen molar-refractivity contribution in [2.45, 2.75) is 26.5 Å². The lowest BCUT2D eigenvalue weighted by atomic mass is 10.0. The quantitative estimate of drug-likeness (QED) is 0.530. The van der Waals surface area contributed by atoms with Gasteiger partial charge in [-0.05, 0) is 35.7 Å². The Bertz CT molecular complexity index is 1250. The first-order valence-corrected chi connectivity index (χ1v) is 10.2. The average Bonchev–Trinajstić information content (AvgIpc) is 3.04. The van der Waals surface area contributed by atoms with E-state index in [0.717, 1.165) is 16.3 Å². The Balaban J connectivity index is 1.75. The number of carbonyl (C=O) groups is 1.